The molecule has 0 bridgehead atoms. The zero-order chi connectivity index (χ0) is 20.5. The third-order valence-corrected chi connectivity index (χ3v) is 4.21. The molecular formula is C16H13Cl2F3N6O. The number of anilines is 1. The number of halogens is 5. The maximum Gasteiger partial charge on any atom is 0.433 e. The first-order chi connectivity index (χ1) is 13.1. The Kier molecular flexibility index (Phi) is 5.61. The van der Waals surface area contributed by atoms with Crippen LogP contribution in [0.5, 0.6) is 0 Å². The molecule has 12 heteroatoms. The van der Waals surface area contributed by atoms with Gasteiger partial charge in [0.15, 0.2) is 0 Å². The molecule has 1 N–H and O–H groups in total. The molecular weight excluding hydrogens is 420 g/mol. The molecule has 7 nitrogen and oxygen atoms in total. The van der Waals surface area contributed by atoms with Gasteiger partial charge in [-0.15, -0.1) is 5.10 Å². The van der Waals surface area contributed by atoms with Gasteiger partial charge in [0.25, 0.3) is 0 Å². The zero-order valence-corrected chi connectivity index (χ0v) is 15.8. The van der Waals surface area contributed by atoms with Crippen molar-refractivity contribution in [2.75, 3.05) is 5.32 Å². The van der Waals surface area contributed by atoms with Crippen molar-refractivity contribution in [2.45, 2.75) is 26.2 Å². The van der Waals surface area contributed by atoms with Crippen LogP contribution in [-0.4, -0.2) is 30.5 Å². The summed E-state index contributed by atoms with van der Waals surface area (Å²) in [6, 6.07) is 5.86. The largest absolute Gasteiger partial charge is 0.433 e. The van der Waals surface area contributed by atoms with Gasteiger partial charge in [0.2, 0.25) is 11.9 Å². The van der Waals surface area contributed by atoms with Crippen molar-refractivity contribution in [2.24, 2.45) is 0 Å². The van der Waals surface area contributed by atoms with Gasteiger partial charge in [0, 0.05) is 10.0 Å². The van der Waals surface area contributed by atoms with Gasteiger partial charge < -0.3 is 0 Å². The fourth-order valence-electron chi connectivity index (χ4n) is 2.45. The van der Waals surface area contributed by atoms with Crippen LogP contribution in [0.2, 0.25) is 10.0 Å². The van der Waals surface area contributed by atoms with E-state index in [1.807, 2.05) is 0 Å². The molecule has 0 saturated heterocycles. The quantitative estimate of drug-likeness (QED) is 0.664. The average Bonchev–Trinajstić information content (AvgIpc) is 3.16. The number of hydrogen-bond acceptors (Lipinski definition) is 4. The summed E-state index contributed by atoms with van der Waals surface area (Å²) in [5, 5.41) is 11.0. The highest BCUT2D eigenvalue weighted by Gasteiger charge is 2.35. The van der Waals surface area contributed by atoms with Gasteiger partial charge in [0.1, 0.15) is 18.6 Å². The van der Waals surface area contributed by atoms with Gasteiger partial charge in [-0.3, -0.25) is 14.8 Å². The Balaban J connectivity index is 1.66. The molecule has 3 aromatic rings. The number of carbonyl (C=O) groups excluding carboxylic acids is 1. The fraction of sp³-hybridized carbons (Fsp3) is 0.250. The first-order valence-corrected chi connectivity index (χ1v) is 8.62. The summed E-state index contributed by atoms with van der Waals surface area (Å²) in [6.45, 7) is 1.06. The number of alkyl halides is 3. The summed E-state index contributed by atoms with van der Waals surface area (Å²) in [5.74, 6) is -0.789. The van der Waals surface area contributed by atoms with E-state index in [0.29, 0.717) is 14.7 Å². The molecule has 0 aliphatic carbocycles. The Hall–Kier alpha value is -2.59. The predicted molar refractivity (Wildman–Crippen MR) is 96.2 cm³/mol. The van der Waals surface area contributed by atoms with Crippen molar-refractivity contribution in [1.29, 1.82) is 0 Å². The minimum absolute atomic E-state index is 0.0486. The van der Waals surface area contributed by atoms with Crippen molar-refractivity contribution in [1.82, 2.24) is 24.5 Å². The molecule has 3 rings (SSSR count). The number of nitrogens with zero attached hydrogens (tertiary/aromatic N) is 5. The molecule has 2 heterocycles. The second-order valence-electron chi connectivity index (χ2n) is 5.88. The minimum Gasteiger partial charge on any atom is -0.292 e. The highest BCUT2D eigenvalue weighted by atomic mass is 35.5. The lowest BCUT2D eigenvalue weighted by Crippen LogP contribution is -2.24. The van der Waals surface area contributed by atoms with Gasteiger partial charge in [0.05, 0.1) is 12.2 Å². The monoisotopic (exact) mass is 432 g/mol. The molecule has 1 aromatic carbocycles. The molecule has 0 aliphatic heterocycles. The fourth-order valence-corrected chi connectivity index (χ4v) is 2.92. The van der Waals surface area contributed by atoms with Crippen LogP contribution in [0.25, 0.3) is 0 Å². The van der Waals surface area contributed by atoms with E-state index in [4.69, 9.17) is 23.2 Å². The van der Waals surface area contributed by atoms with Crippen LogP contribution in [0.3, 0.4) is 0 Å². The lowest BCUT2D eigenvalue weighted by molar-refractivity contribution is -0.144. The second kappa shape index (κ2) is 7.80. The van der Waals surface area contributed by atoms with Crippen molar-refractivity contribution < 1.29 is 18.0 Å². The van der Waals surface area contributed by atoms with E-state index < -0.39 is 24.3 Å². The smallest absolute Gasteiger partial charge is 0.292 e. The molecule has 1 amide bonds. The third kappa shape index (κ3) is 4.82. The number of nitrogens with one attached hydrogen (secondary N) is 1. The second-order valence-corrected chi connectivity index (χ2v) is 6.72. The number of hydrogen-bond donors (Lipinski definition) is 1. The lowest BCUT2D eigenvalue weighted by atomic mass is 10.2. The normalized spacial score (nSPS) is 11.6. The van der Waals surface area contributed by atoms with Crippen molar-refractivity contribution >= 4 is 35.1 Å². The standard InChI is InChI=1S/C16H13Cl2F3N6O/c1-9-4-13(16(19,20)21)27(24-9)7-14(28)23-15-22-8-26(25-15)6-10-2-3-11(17)5-12(10)18/h2-5,8H,6-7H2,1H3,(H,23,25,28). The zero-order valence-electron chi connectivity index (χ0n) is 14.3. The summed E-state index contributed by atoms with van der Waals surface area (Å²) < 4.78 is 40.9. The average molecular weight is 433 g/mol. The van der Waals surface area contributed by atoms with Crippen LogP contribution < -0.4 is 5.32 Å². The van der Waals surface area contributed by atoms with Crippen molar-refractivity contribution in [3.63, 3.8) is 0 Å². The van der Waals surface area contributed by atoms with Crippen LogP contribution in [0.1, 0.15) is 17.0 Å². The van der Waals surface area contributed by atoms with Crippen LogP contribution in [0.15, 0.2) is 30.6 Å². The van der Waals surface area contributed by atoms with Crippen molar-refractivity contribution in [3.05, 3.63) is 57.6 Å². The molecule has 0 atom stereocenters. The van der Waals surface area contributed by atoms with E-state index in [1.165, 1.54) is 17.9 Å². The van der Waals surface area contributed by atoms with Crippen LogP contribution >= 0.6 is 23.2 Å². The Morgan fingerprint density at radius 1 is 1.21 bits per heavy atom. The highest BCUT2D eigenvalue weighted by molar-refractivity contribution is 6.35. The number of aromatic nitrogens is 5. The number of amides is 1. The number of benzene rings is 1. The molecule has 2 aromatic heterocycles. The SMILES string of the molecule is Cc1cc(C(F)(F)F)n(CC(=O)Nc2ncn(Cc3ccc(Cl)cc3Cl)n2)n1. The Morgan fingerprint density at radius 2 is 1.96 bits per heavy atom. The van der Waals surface area contributed by atoms with Crippen LogP contribution in [0.4, 0.5) is 19.1 Å². The first kappa shape index (κ1) is 20.2. The number of carbonyl (C=O) groups is 1. The molecule has 0 saturated carbocycles. The predicted octanol–water partition coefficient (Wildman–Crippen LogP) is 3.80. The maximum absolute atomic E-state index is 13.0. The van der Waals surface area contributed by atoms with E-state index in [9.17, 15) is 18.0 Å². The van der Waals surface area contributed by atoms with Gasteiger partial charge in [-0.05, 0) is 30.7 Å². The van der Waals surface area contributed by atoms with Crippen LogP contribution in [-0.2, 0) is 24.1 Å². The first-order valence-electron chi connectivity index (χ1n) is 7.86. The van der Waals surface area contributed by atoms with E-state index >= 15 is 0 Å². The molecule has 148 valence electrons. The Morgan fingerprint density at radius 3 is 2.64 bits per heavy atom. The molecule has 0 spiro atoms. The summed E-state index contributed by atoms with van der Waals surface area (Å²) >= 11 is 11.9. The third-order valence-electron chi connectivity index (χ3n) is 3.62. The maximum atomic E-state index is 13.0. The van der Waals surface area contributed by atoms with E-state index in [1.54, 1.807) is 18.2 Å². The Bertz CT molecular complexity index is 1010. The molecule has 0 unspecified atom stereocenters. The highest BCUT2D eigenvalue weighted by Crippen LogP contribution is 2.29. The van der Waals surface area contributed by atoms with Gasteiger partial charge in [-0.25, -0.2) is 9.67 Å². The summed E-state index contributed by atoms with van der Waals surface area (Å²) in [7, 11) is 0. The molecule has 0 fully saturated rings. The number of rotatable bonds is 5. The molecule has 28 heavy (non-hydrogen) atoms. The van der Waals surface area contributed by atoms with Gasteiger partial charge >= 0.3 is 6.18 Å². The van der Waals surface area contributed by atoms with E-state index in [-0.39, 0.29) is 18.2 Å². The summed E-state index contributed by atoms with van der Waals surface area (Å²) in [6.07, 6.45) is -3.25. The van der Waals surface area contributed by atoms with Gasteiger partial charge in [-0.2, -0.15) is 18.3 Å². The lowest BCUT2D eigenvalue weighted by Gasteiger charge is -2.09. The number of aryl methyl sites for hydroxylation is 1. The minimum atomic E-state index is -4.61. The summed E-state index contributed by atoms with van der Waals surface area (Å²) in [5.41, 5.74) is -0.117. The topological polar surface area (TPSA) is 77.6 Å². The van der Waals surface area contributed by atoms with Crippen LogP contribution in [0, 0.1) is 6.92 Å². The van der Waals surface area contributed by atoms with Crippen molar-refractivity contribution in [3.8, 4) is 0 Å². The van der Waals surface area contributed by atoms with E-state index in [2.05, 4.69) is 20.5 Å². The Labute approximate surface area is 167 Å². The summed E-state index contributed by atoms with van der Waals surface area (Å²) in [4.78, 5) is 16.0. The van der Waals surface area contributed by atoms with Gasteiger partial charge in [-0.1, -0.05) is 29.3 Å². The molecule has 0 aliphatic rings. The molecule has 0 radical (unpaired) electrons. The van der Waals surface area contributed by atoms with E-state index in [0.717, 1.165) is 11.6 Å².